The first-order valence-corrected chi connectivity index (χ1v) is 10.4. The second kappa shape index (κ2) is 8.38. The van der Waals surface area contributed by atoms with Crippen molar-refractivity contribution >= 4 is 11.9 Å². The highest BCUT2D eigenvalue weighted by atomic mass is 16.5. The number of fused-ring (bicyclic) bond motifs is 3. The van der Waals surface area contributed by atoms with Gasteiger partial charge in [0, 0.05) is 24.1 Å². The van der Waals surface area contributed by atoms with Crippen LogP contribution in [0.1, 0.15) is 42.0 Å². The summed E-state index contributed by atoms with van der Waals surface area (Å²) in [5.41, 5.74) is 3.12. The SMILES string of the molecule is CCOC(=O)[C@@H]1C(=O)N2CCc3cc(OC)cc(OC)c3[C@H]2C[C@H]1c1ccccc1. The molecule has 0 bridgehead atoms. The van der Waals surface area contributed by atoms with Crippen molar-refractivity contribution in [1.82, 2.24) is 4.90 Å². The van der Waals surface area contributed by atoms with Crippen LogP contribution in [0.25, 0.3) is 0 Å². The molecule has 2 heterocycles. The molecule has 0 spiro atoms. The Kier molecular flexibility index (Phi) is 5.66. The van der Waals surface area contributed by atoms with Crippen LogP contribution in [0.15, 0.2) is 42.5 Å². The molecule has 2 aliphatic rings. The smallest absolute Gasteiger partial charge is 0.319 e. The van der Waals surface area contributed by atoms with Gasteiger partial charge in [-0.3, -0.25) is 9.59 Å². The third kappa shape index (κ3) is 3.40. The van der Waals surface area contributed by atoms with Gasteiger partial charge in [-0.2, -0.15) is 0 Å². The van der Waals surface area contributed by atoms with Crippen molar-refractivity contribution in [2.75, 3.05) is 27.4 Å². The fraction of sp³-hybridized carbons (Fsp3) is 0.417. The molecule has 6 nitrogen and oxygen atoms in total. The summed E-state index contributed by atoms with van der Waals surface area (Å²) in [4.78, 5) is 28.2. The Morgan fingerprint density at radius 3 is 2.57 bits per heavy atom. The number of benzene rings is 2. The normalized spacial score (nSPS) is 22.7. The summed E-state index contributed by atoms with van der Waals surface area (Å²) in [7, 11) is 3.27. The monoisotopic (exact) mass is 409 g/mol. The van der Waals surface area contributed by atoms with E-state index in [1.165, 1.54) is 0 Å². The molecule has 2 aromatic carbocycles. The van der Waals surface area contributed by atoms with Crippen LogP contribution in [-0.2, 0) is 20.7 Å². The maximum Gasteiger partial charge on any atom is 0.319 e. The number of carbonyl (C=O) groups excluding carboxylic acids is 2. The zero-order valence-electron chi connectivity index (χ0n) is 17.6. The highest BCUT2D eigenvalue weighted by molar-refractivity contribution is 6.00. The van der Waals surface area contributed by atoms with Crippen LogP contribution >= 0.6 is 0 Å². The standard InChI is InChI=1S/C24H27NO5/c1-4-30-24(27)22-18(15-8-6-5-7-9-15)14-19-21-16(10-11-25(19)23(22)26)12-17(28-2)13-20(21)29-3/h5-9,12-13,18-19,22H,4,10-11,14H2,1-3H3/t18-,19+,22-/m0/s1. The number of amides is 1. The van der Waals surface area contributed by atoms with Crippen LogP contribution in [0.3, 0.4) is 0 Å². The van der Waals surface area contributed by atoms with E-state index in [0.29, 0.717) is 25.1 Å². The molecule has 1 fully saturated rings. The van der Waals surface area contributed by atoms with Gasteiger partial charge in [0.25, 0.3) is 0 Å². The van der Waals surface area contributed by atoms with Gasteiger partial charge in [-0.15, -0.1) is 0 Å². The average Bonchev–Trinajstić information content (AvgIpc) is 2.78. The van der Waals surface area contributed by atoms with Crippen molar-refractivity contribution in [2.24, 2.45) is 5.92 Å². The summed E-state index contributed by atoms with van der Waals surface area (Å²) in [5, 5.41) is 0. The first-order chi connectivity index (χ1) is 14.6. The Balaban J connectivity index is 1.80. The topological polar surface area (TPSA) is 65.1 Å². The zero-order valence-corrected chi connectivity index (χ0v) is 17.6. The molecular formula is C24H27NO5. The molecule has 1 amide bonds. The Morgan fingerprint density at radius 2 is 1.90 bits per heavy atom. The molecule has 4 rings (SSSR count). The number of carbonyl (C=O) groups is 2. The fourth-order valence-corrected chi connectivity index (χ4v) is 4.84. The molecule has 0 saturated carbocycles. The van der Waals surface area contributed by atoms with E-state index < -0.39 is 11.9 Å². The quantitative estimate of drug-likeness (QED) is 0.559. The van der Waals surface area contributed by atoms with E-state index >= 15 is 0 Å². The van der Waals surface area contributed by atoms with Crippen molar-refractivity contribution < 1.29 is 23.8 Å². The number of piperidine rings is 1. The summed E-state index contributed by atoms with van der Waals surface area (Å²) in [5.74, 6) is -0.228. The van der Waals surface area contributed by atoms with Gasteiger partial charge in [-0.1, -0.05) is 30.3 Å². The predicted octanol–water partition coefficient (Wildman–Crippen LogP) is 3.50. The molecule has 0 unspecified atom stereocenters. The number of nitrogens with zero attached hydrogens (tertiary/aromatic N) is 1. The van der Waals surface area contributed by atoms with E-state index in [-0.39, 0.29) is 24.5 Å². The third-order valence-electron chi connectivity index (χ3n) is 6.19. The second-order valence-electron chi connectivity index (χ2n) is 7.68. The molecule has 0 aromatic heterocycles. The van der Waals surface area contributed by atoms with Crippen LogP contribution in [0.4, 0.5) is 0 Å². The highest BCUT2D eigenvalue weighted by Crippen LogP contribution is 2.49. The minimum absolute atomic E-state index is 0.155. The van der Waals surface area contributed by atoms with E-state index in [0.717, 1.165) is 22.4 Å². The number of methoxy groups -OCH3 is 2. The lowest BCUT2D eigenvalue weighted by Crippen LogP contribution is -2.52. The summed E-state index contributed by atoms with van der Waals surface area (Å²) in [6.45, 7) is 2.58. The Labute approximate surface area is 176 Å². The molecule has 158 valence electrons. The van der Waals surface area contributed by atoms with Gasteiger partial charge in [0.05, 0.1) is 26.9 Å². The van der Waals surface area contributed by atoms with Gasteiger partial charge in [-0.05, 0) is 37.0 Å². The van der Waals surface area contributed by atoms with Crippen molar-refractivity contribution in [2.45, 2.75) is 31.7 Å². The maximum atomic E-state index is 13.6. The molecule has 6 heteroatoms. The number of ether oxygens (including phenoxy) is 3. The van der Waals surface area contributed by atoms with Crippen molar-refractivity contribution in [3.05, 3.63) is 59.2 Å². The van der Waals surface area contributed by atoms with E-state index in [1.54, 1.807) is 21.1 Å². The minimum atomic E-state index is -0.825. The number of hydrogen-bond donors (Lipinski definition) is 0. The lowest BCUT2D eigenvalue weighted by atomic mass is 9.73. The fourth-order valence-electron chi connectivity index (χ4n) is 4.84. The molecule has 0 N–H and O–H groups in total. The van der Waals surface area contributed by atoms with Crippen LogP contribution in [0.5, 0.6) is 11.5 Å². The number of rotatable bonds is 5. The lowest BCUT2D eigenvalue weighted by molar-refractivity contribution is -0.161. The maximum absolute atomic E-state index is 13.6. The first-order valence-electron chi connectivity index (χ1n) is 10.4. The largest absolute Gasteiger partial charge is 0.497 e. The van der Waals surface area contributed by atoms with Crippen molar-refractivity contribution in [3.8, 4) is 11.5 Å². The molecule has 2 aliphatic heterocycles. The summed E-state index contributed by atoms with van der Waals surface area (Å²) >= 11 is 0. The molecule has 0 aliphatic carbocycles. The van der Waals surface area contributed by atoms with Gasteiger partial charge in [0.15, 0.2) is 0 Å². The summed E-state index contributed by atoms with van der Waals surface area (Å²) < 4.78 is 16.4. The molecular weight excluding hydrogens is 382 g/mol. The first kappa shape index (κ1) is 20.3. The lowest BCUT2D eigenvalue weighted by Gasteiger charge is -2.46. The van der Waals surface area contributed by atoms with Gasteiger partial charge >= 0.3 is 5.97 Å². The molecule has 3 atom stereocenters. The molecule has 1 saturated heterocycles. The Bertz CT molecular complexity index is 925. The third-order valence-corrected chi connectivity index (χ3v) is 6.19. The van der Waals surface area contributed by atoms with E-state index in [2.05, 4.69) is 0 Å². The number of hydrogen-bond acceptors (Lipinski definition) is 5. The van der Waals surface area contributed by atoms with E-state index in [1.807, 2.05) is 47.4 Å². The van der Waals surface area contributed by atoms with Crippen LogP contribution < -0.4 is 9.47 Å². The van der Waals surface area contributed by atoms with Gasteiger partial charge in [0.2, 0.25) is 5.91 Å². The molecule has 30 heavy (non-hydrogen) atoms. The second-order valence-corrected chi connectivity index (χ2v) is 7.68. The van der Waals surface area contributed by atoms with Gasteiger partial charge in [-0.25, -0.2) is 0 Å². The number of esters is 1. The highest BCUT2D eigenvalue weighted by Gasteiger charge is 2.49. The summed E-state index contributed by atoms with van der Waals surface area (Å²) in [6, 6.07) is 13.5. The van der Waals surface area contributed by atoms with Gasteiger partial charge < -0.3 is 19.1 Å². The van der Waals surface area contributed by atoms with Crippen LogP contribution in [-0.4, -0.2) is 44.1 Å². The van der Waals surface area contributed by atoms with Gasteiger partial charge in [0.1, 0.15) is 17.4 Å². The zero-order chi connectivity index (χ0) is 21.3. The van der Waals surface area contributed by atoms with E-state index in [9.17, 15) is 9.59 Å². The average molecular weight is 409 g/mol. The summed E-state index contributed by atoms with van der Waals surface area (Å²) in [6.07, 6.45) is 1.33. The molecule has 2 aromatic rings. The van der Waals surface area contributed by atoms with Crippen LogP contribution in [0, 0.1) is 5.92 Å². The Hall–Kier alpha value is -3.02. The van der Waals surface area contributed by atoms with Crippen molar-refractivity contribution in [3.63, 3.8) is 0 Å². The predicted molar refractivity (Wildman–Crippen MR) is 112 cm³/mol. The Morgan fingerprint density at radius 1 is 1.13 bits per heavy atom. The van der Waals surface area contributed by atoms with Crippen LogP contribution in [0.2, 0.25) is 0 Å². The minimum Gasteiger partial charge on any atom is -0.497 e. The van der Waals surface area contributed by atoms with Crippen molar-refractivity contribution in [1.29, 1.82) is 0 Å². The molecule has 0 radical (unpaired) electrons. The van der Waals surface area contributed by atoms with E-state index in [4.69, 9.17) is 14.2 Å².